The largest absolute Gasteiger partial charge is 0.374 e. The molecule has 2 rings (SSSR count). The molecule has 1 saturated heterocycles. The van der Waals surface area contributed by atoms with Crippen LogP contribution in [0, 0.1) is 6.92 Å². The fourth-order valence-electron chi connectivity index (χ4n) is 2.67. The van der Waals surface area contributed by atoms with Crippen LogP contribution < -0.4 is 11.1 Å². The molecule has 0 bridgehead atoms. The maximum absolute atomic E-state index is 6.00. The predicted octanol–water partition coefficient (Wildman–Crippen LogP) is 2.81. The zero-order valence-electron chi connectivity index (χ0n) is 11.7. The van der Waals surface area contributed by atoms with Gasteiger partial charge in [0.2, 0.25) is 0 Å². The molecule has 1 aromatic carbocycles. The van der Waals surface area contributed by atoms with Crippen molar-refractivity contribution in [3.8, 4) is 0 Å². The summed E-state index contributed by atoms with van der Waals surface area (Å²) >= 11 is 6.00. The molecule has 0 spiro atoms. The van der Waals surface area contributed by atoms with Crippen molar-refractivity contribution in [2.45, 2.75) is 38.3 Å². The fraction of sp³-hybridized carbons (Fsp3) is 0.600. The number of rotatable bonds is 5. The topological polar surface area (TPSA) is 47.3 Å². The smallest absolute Gasteiger partial charge is 0.0779 e. The number of aryl methyl sites for hydroxylation is 1. The number of nitrogens with two attached hydrogens (primary N) is 1. The summed E-state index contributed by atoms with van der Waals surface area (Å²) in [6.45, 7) is 6.50. The molecule has 1 heterocycles. The Bertz CT molecular complexity index is 430. The van der Waals surface area contributed by atoms with Gasteiger partial charge < -0.3 is 15.8 Å². The summed E-state index contributed by atoms with van der Waals surface area (Å²) in [6.07, 6.45) is 2.25. The first-order chi connectivity index (χ1) is 9.04. The lowest BCUT2D eigenvalue weighted by Crippen LogP contribution is -2.41. The molecule has 0 aliphatic carbocycles. The molecule has 2 unspecified atom stereocenters. The highest BCUT2D eigenvalue weighted by molar-refractivity contribution is 6.30. The van der Waals surface area contributed by atoms with Gasteiger partial charge in [-0.15, -0.1) is 0 Å². The first-order valence-electron chi connectivity index (χ1n) is 6.87. The van der Waals surface area contributed by atoms with Crippen LogP contribution in [0.15, 0.2) is 18.2 Å². The molecule has 1 aliphatic heterocycles. The highest BCUT2D eigenvalue weighted by Crippen LogP contribution is 2.26. The van der Waals surface area contributed by atoms with Gasteiger partial charge in [-0.05, 0) is 49.9 Å². The molecule has 0 saturated carbocycles. The highest BCUT2D eigenvalue weighted by atomic mass is 35.5. The summed E-state index contributed by atoms with van der Waals surface area (Å²) < 4.78 is 5.80. The van der Waals surface area contributed by atoms with Crippen LogP contribution in [0.25, 0.3) is 0 Å². The van der Waals surface area contributed by atoms with Crippen molar-refractivity contribution in [1.29, 1.82) is 0 Å². The lowest BCUT2D eigenvalue weighted by molar-refractivity contribution is 0.0189. The van der Waals surface area contributed by atoms with Gasteiger partial charge in [0, 0.05) is 30.8 Å². The molecule has 19 heavy (non-hydrogen) atoms. The Balaban J connectivity index is 2.03. The summed E-state index contributed by atoms with van der Waals surface area (Å²) in [4.78, 5) is 0. The Morgan fingerprint density at radius 1 is 1.53 bits per heavy atom. The average molecular weight is 283 g/mol. The second kappa shape index (κ2) is 6.23. The third-order valence-corrected chi connectivity index (χ3v) is 4.10. The van der Waals surface area contributed by atoms with E-state index < -0.39 is 0 Å². The Morgan fingerprint density at radius 3 is 2.89 bits per heavy atom. The van der Waals surface area contributed by atoms with E-state index in [9.17, 15) is 0 Å². The Hall–Kier alpha value is -0.610. The molecule has 0 amide bonds. The van der Waals surface area contributed by atoms with Gasteiger partial charge in [0.25, 0.3) is 0 Å². The van der Waals surface area contributed by atoms with Gasteiger partial charge in [-0.3, -0.25) is 0 Å². The van der Waals surface area contributed by atoms with E-state index in [1.54, 1.807) is 0 Å². The minimum absolute atomic E-state index is 0.0479. The van der Waals surface area contributed by atoms with Crippen LogP contribution in [0.5, 0.6) is 0 Å². The van der Waals surface area contributed by atoms with Crippen molar-refractivity contribution in [2.24, 2.45) is 5.73 Å². The molecule has 3 nitrogen and oxygen atoms in total. The normalized spacial score (nSPS) is 24.6. The van der Waals surface area contributed by atoms with Crippen molar-refractivity contribution >= 4 is 11.6 Å². The van der Waals surface area contributed by atoms with E-state index in [1.165, 1.54) is 11.1 Å². The van der Waals surface area contributed by atoms with Crippen LogP contribution in [-0.2, 0) is 4.74 Å². The van der Waals surface area contributed by atoms with Crippen LogP contribution in [0.4, 0.5) is 0 Å². The summed E-state index contributed by atoms with van der Waals surface area (Å²) in [5.41, 5.74) is 8.25. The Morgan fingerprint density at radius 2 is 2.32 bits per heavy atom. The van der Waals surface area contributed by atoms with E-state index in [4.69, 9.17) is 22.1 Å². The minimum atomic E-state index is -0.0479. The maximum atomic E-state index is 6.00. The zero-order valence-corrected chi connectivity index (χ0v) is 12.5. The first-order valence-corrected chi connectivity index (χ1v) is 7.25. The van der Waals surface area contributed by atoms with Crippen LogP contribution >= 0.6 is 11.6 Å². The van der Waals surface area contributed by atoms with Gasteiger partial charge in [-0.25, -0.2) is 0 Å². The van der Waals surface area contributed by atoms with Gasteiger partial charge in [-0.2, -0.15) is 0 Å². The number of ether oxygens (including phenoxy) is 1. The third kappa shape index (κ3) is 3.69. The van der Waals surface area contributed by atoms with Gasteiger partial charge in [-0.1, -0.05) is 17.7 Å². The average Bonchev–Trinajstić information content (AvgIpc) is 2.79. The van der Waals surface area contributed by atoms with E-state index in [-0.39, 0.29) is 11.6 Å². The molecule has 0 radical (unpaired) electrons. The van der Waals surface area contributed by atoms with Crippen LogP contribution in [0.3, 0.4) is 0 Å². The molecule has 3 N–H and O–H groups in total. The summed E-state index contributed by atoms with van der Waals surface area (Å²) in [6, 6.07) is 6.11. The second-order valence-corrected chi connectivity index (χ2v) is 6.01. The molecule has 2 atom stereocenters. The number of nitrogens with one attached hydrogen (secondary N) is 1. The molecule has 1 aromatic rings. The molecule has 1 aliphatic rings. The van der Waals surface area contributed by atoms with Gasteiger partial charge in [0.05, 0.1) is 5.60 Å². The monoisotopic (exact) mass is 282 g/mol. The zero-order chi connectivity index (χ0) is 13.9. The number of hydrogen-bond acceptors (Lipinski definition) is 3. The first kappa shape index (κ1) is 14.8. The predicted molar refractivity (Wildman–Crippen MR) is 79.6 cm³/mol. The van der Waals surface area contributed by atoms with Crippen LogP contribution in [0.1, 0.15) is 36.9 Å². The standard InChI is InChI=1S/C15H23ClN2O/c1-11-8-12(16)4-5-13(11)14(9-17)18-10-15(2)6-3-7-19-15/h4-5,8,14,18H,3,6-7,9-10,17H2,1-2H3. The summed E-state index contributed by atoms with van der Waals surface area (Å²) in [5.74, 6) is 0. The van der Waals surface area contributed by atoms with Crippen molar-refractivity contribution in [3.05, 3.63) is 34.3 Å². The molecule has 1 fully saturated rings. The quantitative estimate of drug-likeness (QED) is 0.873. The van der Waals surface area contributed by atoms with Gasteiger partial charge in [0.1, 0.15) is 0 Å². The fourth-order valence-corrected chi connectivity index (χ4v) is 2.89. The van der Waals surface area contributed by atoms with Crippen molar-refractivity contribution in [1.82, 2.24) is 5.32 Å². The Labute approximate surface area is 120 Å². The lowest BCUT2D eigenvalue weighted by atomic mass is 9.98. The molecule has 106 valence electrons. The van der Waals surface area contributed by atoms with Gasteiger partial charge >= 0.3 is 0 Å². The number of hydrogen-bond donors (Lipinski definition) is 2. The van der Waals surface area contributed by atoms with E-state index in [2.05, 4.69) is 25.2 Å². The summed E-state index contributed by atoms with van der Waals surface area (Å²) in [7, 11) is 0. The van der Waals surface area contributed by atoms with Crippen LogP contribution in [-0.4, -0.2) is 25.3 Å². The second-order valence-electron chi connectivity index (χ2n) is 5.57. The van der Waals surface area contributed by atoms with E-state index in [0.29, 0.717) is 6.54 Å². The maximum Gasteiger partial charge on any atom is 0.0779 e. The van der Waals surface area contributed by atoms with Crippen molar-refractivity contribution < 1.29 is 4.74 Å². The molecule has 0 aromatic heterocycles. The SMILES string of the molecule is Cc1cc(Cl)ccc1C(CN)NCC1(C)CCCO1. The molecular weight excluding hydrogens is 260 g/mol. The minimum Gasteiger partial charge on any atom is -0.374 e. The van der Waals surface area contributed by atoms with Crippen molar-refractivity contribution in [3.63, 3.8) is 0 Å². The lowest BCUT2D eigenvalue weighted by Gasteiger charge is -2.27. The van der Waals surface area contributed by atoms with Crippen molar-refractivity contribution in [2.75, 3.05) is 19.7 Å². The van der Waals surface area contributed by atoms with Gasteiger partial charge in [0.15, 0.2) is 0 Å². The molecule has 4 heteroatoms. The third-order valence-electron chi connectivity index (χ3n) is 3.87. The molecular formula is C15H23ClN2O. The number of benzene rings is 1. The van der Waals surface area contributed by atoms with E-state index in [1.807, 2.05) is 12.1 Å². The summed E-state index contributed by atoms with van der Waals surface area (Å²) in [5, 5.41) is 4.30. The highest BCUT2D eigenvalue weighted by Gasteiger charge is 2.30. The Kier molecular flexibility index (Phi) is 4.85. The van der Waals surface area contributed by atoms with Crippen LogP contribution in [0.2, 0.25) is 5.02 Å². The van der Waals surface area contributed by atoms with E-state index in [0.717, 1.165) is 31.0 Å². The van der Waals surface area contributed by atoms with E-state index >= 15 is 0 Å². The number of halogens is 1.